The van der Waals surface area contributed by atoms with Crippen molar-refractivity contribution in [2.75, 3.05) is 13.2 Å². The van der Waals surface area contributed by atoms with Crippen LogP contribution >= 0.6 is 23.5 Å². The number of fused-ring (bicyclic) bond motifs is 1. The average Bonchev–Trinajstić information content (AvgIpc) is 3.55. The minimum atomic E-state index is 0.173. The van der Waals surface area contributed by atoms with Gasteiger partial charge in [0.1, 0.15) is 29.2 Å². The van der Waals surface area contributed by atoms with E-state index in [1.807, 2.05) is 0 Å². The molecule has 0 aromatic heterocycles. The summed E-state index contributed by atoms with van der Waals surface area (Å²) in [6.45, 7) is 10.5. The van der Waals surface area contributed by atoms with Crippen molar-refractivity contribution in [3.63, 3.8) is 0 Å². The zero-order valence-corrected chi connectivity index (χ0v) is 32.9. The molecule has 0 N–H and O–H groups in total. The number of hydrogen-bond acceptors (Lipinski definition) is 6. The second-order valence-corrected chi connectivity index (χ2v) is 16.3. The Kier molecular flexibility index (Phi) is 24.7. The number of unbranched alkanes of at least 4 members (excludes halogenated alkanes) is 16. The maximum atomic E-state index is 9.68. The Balaban J connectivity index is 2.15. The second-order valence-electron chi connectivity index (χ2n) is 14.0. The zero-order chi connectivity index (χ0) is 34.7. The lowest BCUT2D eigenvalue weighted by molar-refractivity contribution is 0.211. The fourth-order valence-electron chi connectivity index (χ4n) is 6.56. The van der Waals surface area contributed by atoms with E-state index in [4.69, 9.17) is 9.47 Å². The monoisotopic (exact) mass is 696 g/mol. The van der Waals surface area contributed by atoms with Crippen LogP contribution in [0.4, 0.5) is 0 Å². The van der Waals surface area contributed by atoms with Crippen molar-refractivity contribution in [1.29, 1.82) is 10.5 Å². The Hall–Kier alpha value is -1.76. The summed E-state index contributed by atoms with van der Waals surface area (Å²) in [5.74, 6) is 2.84. The molecule has 0 spiro atoms. The van der Waals surface area contributed by atoms with Gasteiger partial charge in [-0.15, -0.1) is 0 Å². The molecule has 1 aromatic carbocycles. The van der Waals surface area contributed by atoms with Crippen LogP contribution in [-0.2, 0) is 0 Å². The standard InChI is InChI=1S/C42H68N2O2S2/c1-5-9-13-17-19-23-27-35(25-21-15-11-7-3)33-45-38-29-30-39(41-40(38)47-42(48-41)37(31-43)32-44)46-34-36(26-22-16-12-8-4)28-24-20-18-14-10-6-2/h29-30,35-36H,5-28,33-34H2,1-4H3. The average molecular weight is 697 g/mol. The SMILES string of the molecule is CCCCCCCCC(CCCCCC)COc1ccc(OCC(CCCCCC)CCCCCCCC)c2c1SC(=C(C#N)C#N)S2. The molecule has 2 unspecified atom stereocenters. The lowest BCUT2D eigenvalue weighted by Gasteiger charge is -2.21. The smallest absolute Gasteiger partial charge is 0.150 e. The third-order valence-corrected chi connectivity index (χ3v) is 12.3. The van der Waals surface area contributed by atoms with Crippen molar-refractivity contribution in [3.8, 4) is 23.6 Å². The molecule has 0 bridgehead atoms. The normalized spacial score (nSPS) is 13.5. The Morgan fingerprint density at radius 2 is 0.833 bits per heavy atom. The molecule has 4 nitrogen and oxygen atoms in total. The van der Waals surface area contributed by atoms with E-state index in [0.29, 0.717) is 11.8 Å². The summed E-state index contributed by atoms with van der Waals surface area (Å²) in [7, 11) is 0. The molecular weight excluding hydrogens is 629 g/mol. The fourth-order valence-corrected chi connectivity index (χ4v) is 9.07. The molecule has 48 heavy (non-hydrogen) atoms. The van der Waals surface area contributed by atoms with Crippen LogP contribution in [0.15, 0.2) is 31.7 Å². The number of benzene rings is 1. The van der Waals surface area contributed by atoms with E-state index in [0.717, 1.165) is 38.7 Å². The van der Waals surface area contributed by atoms with Gasteiger partial charge in [0.2, 0.25) is 0 Å². The van der Waals surface area contributed by atoms with Gasteiger partial charge in [0.25, 0.3) is 0 Å². The highest BCUT2D eigenvalue weighted by Crippen LogP contribution is 2.59. The maximum absolute atomic E-state index is 9.68. The predicted octanol–water partition coefficient (Wildman–Crippen LogP) is 14.6. The Morgan fingerprint density at radius 3 is 1.17 bits per heavy atom. The molecule has 1 aromatic rings. The third kappa shape index (κ3) is 17.3. The zero-order valence-electron chi connectivity index (χ0n) is 31.2. The number of allylic oxidation sites excluding steroid dienone is 1. The van der Waals surface area contributed by atoms with Gasteiger partial charge < -0.3 is 9.47 Å². The van der Waals surface area contributed by atoms with E-state index in [1.165, 1.54) is 178 Å². The number of nitrogens with zero attached hydrogens (tertiary/aromatic N) is 2. The third-order valence-electron chi connectivity index (χ3n) is 9.67. The van der Waals surface area contributed by atoms with Gasteiger partial charge in [-0.2, -0.15) is 10.5 Å². The van der Waals surface area contributed by atoms with E-state index in [-0.39, 0.29) is 5.57 Å². The van der Waals surface area contributed by atoms with Gasteiger partial charge in [-0.25, -0.2) is 0 Å². The van der Waals surface area contributed by atoms with Crippen LogP contribution in [0, 0.1) is 34.5 Å². The van der Waals surface area contributed by atoms with Gasteiger partial charge in [0.05, 0.1) is 27.2 Å². The molecular formula is C42H68N2O2S2. The molecule has 6 heteroatoms. The van der Waals surface area contributed by atoms with Gasteiger partial charge in [-0.1, -0.05) is 180 Å². The molecule has 0 radical (unpaired) electrons. The molecule has 0 saturated heterocycles. The summed E-state index contributed by atoms with van der Waals surface area (Å²) >= 11 is 3.02. The second kappa shape index (κ2) is 28.0. The molecule has 0 aliphatic carbocycles. The summed E-state index contributed by atoms with van der Waals surface area (Å²) in [5, 5.41) is 19.4. The molecule has 2 atom stereocenters. The van der Waals surface area contributed by atoms with E-state index in [1.54, 1.807) is 0 Å². The topological polar surface area (TPSA) is 66.0 Å². The summed E-state index contributed by atoms with van der Waals surface area (Å²) < 4.78 is 14.0. The Labute approximate surface area is 304 Å². The Morgan fingerprint density at radius 1 is 0.521 bits per heavy atom. The molecule has 2 rings (SSSR count). The molecule has 0 amide bonds. The molecule has 1 aliphatic rings. The first-order valence-electron chi connectivity index (χ1n) is 19.9. The van der Waals surface area contributed by atoms with Crippen molar-refractivity contribution in [1.82, 2.24) is 0 Å². The summed E-state index contributed by atoms with van der Waals surface area (Å²) in [6.07, 6.45) is 31.0. The number of ether oxygens (including phenoxy) is 2. The minimum Gasteiger partial charge on any atom is -0.492 e. The highest BCUT2D eigenvalue weighted by Gasteiger charge is 2.29. The first-order valence-corrected chi connectivity index (χ1v) is 21.6. The van der Waals surface area contributed by atoms with Gasteiger partial charge >= 0.3 is 0 Å². The van der Waals surface area contributed by atoms with E-state index in [9.17, 15) is 10.5 Å². The van der Waals surface area contributed by atoms with E-state index >= 15 is 0 Å². The highest BCUT2D eigenvalue weighted by molar-refractivity contribution is 8.24. The highest BCUT2D eigenvalue weighted by atomic mass is 32.2. The lowest BCUT2D eigenvalue weighted by atomic mass is 9.95. The van der Waals surface area contributed by atoms with Crippen molar-refractivity contribution < 1.29 is 9.47 Å². The number of nitriles is 2. The van der Waals surface area contributed by atoms with Crippen LogP contribution in [0.2, 0.25) is 0 Å². The number of rotatable bonds is 30. The van der Waals surface area contributed by atoms with Gasteiger partial charge in [-0.3, -0.25) is 0 Å². The van der Waals surface area contributed by atoms with Crippen molar-refractivity contribution in [2.24, 2.45) is 11.8 Å². The molecule has 0 fully saturated rings. The van der Waals surface area contributed by atoms with Crippen LogP contribution in [0.1, 0.15) is 182 Å². The van der Waals surface area contributed by atoms with Crippen molar-refractivity contribution >= 4 is 23.5 Å². The maximum Gasteiger partial charge on any atom is 0.150 e. The molecule has 0 saturated carbocycles. The van der Waals surface area contributed by atoms with E-state index in [2.05, 4.69) is 52.0 Å². The molecule has 1 aliphatic heterocycles. The minimum absolute atomic E-state index is 0.173. The summed E-state index contributed by atoms with van der Waals surface area (Å²) in [5.41, 5.74) is 0.173. The fraction of sp³-hybridized carbons (Fsp3) is 0.762. The largest absolute Gasteiger partial charge is 0.492 e. The first kappa shape index (κ1) is 42.4. The first-order chi connectivity index (χ1) is 23.6. The van der Waals surface area contributed by atoms with E-state index < -0.39 is 0 Å². The summed E-state index contributed by atoms with van der Waals surface area (Å²) in [4.78, 5) is 2.02. The Bertz CT molecular complexity index is 1020. The van der Waals surface area contributed by atoms with Gasteiger partial charge in [0.15, 0.2) is 0 Å². The molecule has 270 valence electrons. The van der Waals surface area contributed by atoms with Gasteiger partial charge in [-0.05, 0) is 49.7 Å². The van der Waals surface area contributed by atoms with Crippen LogP contribution in [0.25, 0.3) is 0 Å². The number of thioether (sulfide) groups is 2. The quantitative estimate of drug-likeness (QED) is 0.0589. The van der Waals surface area contributed by atoms with Crippen molar-refractivity contribution in [3.05, 3.63) is 21.9 Å². The lowest BCUT2D eigenvalue weighted by Crippen LogP contribution is -2.14. The van der Waals surface area contributed by atoms with Crippen LogP contribution in [0.3, 0.4) is 0 Å². The van der Waals surface area contributed by atoms with Crippen molar-refractivity contribution in [2.45, 2.75) is 192 Å². The van der Waals surface area contributed by atoms with Crippen LogP contribution in [-0.4, -0.2) is 13.2 Å². The molecule has 1 heterocycles. The van der Waals surface area contributed by atoms with Crippen LogP contribution < -0.4 is 9.47 Å². The summed E-state index contributed by atoms with van der Waals surface area (Å²) in [6, 6.07) is 8.38. The predicted molar refractivity (Wildman–Crippen MR) is 208 cm³/mol. The van der Waals surface area contributed by atoms with Gasteiger partial charge in [0, 0.05) is 0 Å². The number of hydrogen-bond donors (Lipinski definition) is 0. The van der Waals surface area contributed by atoms with Crippen LogP contribution in [0.5, 0.6) is 11.5 Å².